The molecule has 0 radical (unpaired) electrons. The molecular weight excluding hydrogens is 455 g/mol. The Bertz CT molecular complexity index is 1350. The Kier molecular flexibility index (Phi) is 8.33. The highest BCUT2D eigenvalue weighted by atomic mass is 19.1. The van der Waals surface area contributed by atoms with Gasteiger partial charge < -0.3 is 15.4 Å². The molecule has 0 aliphatic rings. The van der Waals surface area contributed by atoms with Gasteiger partial charge in [0.15, 0.2) is 12.3 Å². The molecule has 10 heteroatoms. The molecule has 0 saturated heterocycles. The number of carbonyl (C=O) groups is 2. The van der Waals surface area contributed by atoms with Crippen molar-refractivity contribution in [1.29, 1.82) is 0 Å². The van der Waals surface area contributed by atoms with E-state index < -0.39 is 35.5 Å². The number of rotatable bonds is 9. The maximum absolute atomic E-state index is 13.7. The number of halogens is 1. The Labute approximate surface area is 200 Å². The average Bonchev–Trinajstić information content (AvgIpc) is 2.84. The minimum atomic E-state index is -0.867. The van der Waals surface area contributed by atoms with Gasteiger partial charge in [-0.2, -0.15) is 0 Å². The largest absolute Gasteiger partial charge is 0.452 e. The van der Waals surface area contributed by atoms with Crippen LogP contribution < -0.4 is 21.9 Å². The number of esters is 1. The second-order valence-electron chi connectivity index (χ2n) is 7.57. The van der Waals surface area contributed by atoms with Gasteiger partial charge in [-0.1, -0.05) is 55.5 Å². The molecule has 1 heterocycles. The standard InChI is InChI=1S/C25H25FN4O5/c1-2-14-29(20(31)16-35-21(32)13-12-18-10-6-7-11-19(18)26)22-23(27)30(25(34)28-24(22)33)15-17-8-4-3-5-9-17/h3-13H,2,14-16,27H2,1H3,(H,28,33,34)/b13-12+. The Morgan fingerprint density at radius 1 is 1.11 bits per heavy atom. The van der Waals surface area contributed by atoms with Crippen LogP contribution in [0.4, 0.5) is 15.9 Å². The van der Waals surface area contributed by atoms with Gasteiger partial charge in [0.2, 0.25) is 0 Å². The van der Waals surface area contributed by atoms with Gasteiger partial charge in [0.05, 0.1) is 6.54 Å². The summed E-state index contributed by atoms with van der Waals surface area (Å²) in [6.07, 6.45) is 2.69. The maximum atomic E-state index is 13.7. The lowest BCUT2D eigenvalue weighted by Gasteiger charge is -2.24. The second kappa shape index (κ2) is 11.6. The first kappa shape index (κ1) is 25.2. The molecule has 1 aromatic heterocycles. The minimum absolute atomic E-state index is 0.0826. The smallest absolute Gasteiger partial charge is 0.331 e. The van der Waals surface area contributed by atoms with Gasteiger partial charge in [-0.15, -0.1) is 0 Å². The number of ether oxygens (including phenoxy) is 1. The van der Waals surface area contributed by atoms with Crippen LogP contribution in [-0.2, 0) is 20.9 Å². The molecule has 0 atom stereocenters. The molecule has 0 bridgehead atoms. The predicted molar refractivity (Wildman–Crippen MR) is 130 cm³/mol. The Balaban J connectivity index is 1.80. The maximum Gasteiger partial charge on any atom is 0.331 e. The van der Waals surface area contributed by atoms with Gasteiger partial charge in [-0.3, -0.25) is 19.1 Å². The van der Waals surface area contributed by atoms with Crippen molar-refractivity contribution in [3.8, 4) is 0 Å². The number of aromatic amines is 1. The highest BCUT2D eigenvalue weighted by Crippen LogP contribution is 2.18. The number of aromatic nitrogens is 2. The van der Waals surface area contributed by atoms with Crippen LogP contribution in [0.1, 0.15) is 24.5 Å². The molecule has 1 amide bonds. The van der Waals surface area contributed by atoms with Gasteiger partial charge in [0.1, 0.15) is 11.6 Å². The SMILES string of the molecule is CCCN(C(=O)COC(=O)/C=C/c1ccccc1F)c1c(N)n(Cc2ccccc2)c(=O)[nH]c1=O. The van der Waals surface area contributed by atoms with Crippen LogP contribution in [0.2, 0.25) is 0 Å². The zero-order valence-electron chi connectivity index (χ0n) is 19.1. The molecule has 0 spiro atoms. The molecule has 0 saturated carbocycles. The quantitative estimate of drug-likeness (QED) is 0.357. The van der Waals surface area contributed by atoms with Crippen molar-refractivity contribution in [3.63, 3.8) is 0 Å². The number of nitrogen functional groups attached to an aromatic ring is 1. The topological polar surface area (TPSA) is 127 Å². The number of hydrogen-bond acceptors (Lipinski definition) is 6. The van der Waals surface area contributed by atoms with E-state index in [0.29, 0.717) is 6.42 Å². The van der Waals surface area contributed by atoms with Gasteiger partial charge in [0.25, 0.3) is 11.5 Å². The number of nitrogens with zero attached hydrogens (tertiary/aromatic N) is 2. The number of nitrogens with one attached hydrogen (secondary N) is 1. The van der Waals surface area contributed by atoms with Crippen LogP contribution in [0.3, 0.4) is 0 Å². The normalized spacial score (nSPS) is 10.9. The molecular formula is C25H25FN4O5. The van der Waals surface area contributed by atoms with Crippen molar-refractivity contribution in [3.05, 3.63) is 98.5 Å². The Hall–Kier alpha value is -4.47. The number of anilines is 2. The molecule has 3 rings (SSSR count). The van der Waals surface area contributed by atoms with E-state index in [4.69, 9.17) is 10.5 Å². The number of benzene rings is 2. The van der Waals surface area contributed by atoms with Crippen molar-refractivity contribution in [2.75, 3.05) is 23.8 Å². The summed E-state index contributed by atoms with van der Waals surface area (Å²) in [4.78, 5) is 53.3. The van der Waals surface area contributed by atoms with Crippen LogP contribution in [0.15, 0.2) is 70.3 Å². The summed E-state index contributed by atoms with van der Waals surface area (Å²) in [7, 11) is 0. The van der Waals surface area contributed by atoms with Crippen LogP contribution in [0.25, 0.3) is 6.08 Å². The molecule has 3 aromatic rings. The lowest BCUT2D eigenvalue weighted by atomic mass is 10.2. The zero-order chi connectivity index (χ0) is 25.4. The predicted octanol–water partition coefficient (Wildman–Crippen LogP) is 2.31. The van der Waals surface area contributed by atoms with Crippen molar-refractivity contribution in [2.45, 2.75) is 19.9 Å². The Morgan fingerprint density at radius 2 is 1.80 bits per heavy atom. The zero-order valence-corrected chi connectivity index (χ0v) is 19.1. The van der Waals surface area contributed by atoms with Crippen molar-refractivity contribution in [1.82, 2.24) is 9.55 Å². The van der Waals surface area contributed by atoms with Gasteiger partial charge in [0, 0.05) is 18.2 Å². The monoisotopic (exact) mass is 480 g/mol. The van der Waals surface area contributed by atoms with Crippen LogP contribution in [0.5, 0.6) is 0 Å². The van der Waals surface area contributed by atoms with Crippen LogP contribution in [0, 0.1) is 5.82 Å². The van der Waals surface area contributed by atoms with Crippen molar-refractivity contribution in [2.24, 2.45) is 0 Å². The fraction of sp³-hybridized carbons (Fsp3) is 0.200. The van der Waals surface area contributed by atoms with Gasteiger partial charge >= 0.3 is 11.7 Å². The molecule has 9 nitrogen and oxygen atoms in total. The van der Waals surface area contributed by atoms with Crippen LogP contribution in [-0.4, -0.2) is 34.6 Å². The molecule has 0 unspecified atom stereocenters. The summed E-state index contributed by atoms with van der Waals surface area (Å²) in [6.45, 7) is 1.28. The first-order valence-corrected chi connectivity index (χ1v) is 10.9. The lowest BCUT2D eigenvalue weighted by molar-refractivity contribution is -0.142. The number of carbonyl (C=O) groups excluding carboxylic acids is 2. The Morgan fingerprint density at radius 3 is 2.49 bits per heavy atom. The van der Waals surface area contributed by atoms with Gasteiger partial charge in [-0.05, 0) is 24.1 Å². The molecule has 0 aliphatic carbocycles. The van der Waals surface area contributed by atoms with E-state index in [1.165, 1.54) is 24.3 Å². The van der Waals surface area contributed by atoms with E-state index in [1.807, 2.05) is 6.07 Å². The van der Waals surface area contributed by atoms with Crippen molar-refractivity contribution >= 4 is 29.5 Å². The van der Waals surface area contributed by atoms with E-state index in [1.54, 1.807) is 37.3 Å². The van der Waals surface area contributed by atoms with E-state index in [9.17, 15) is 23.6 Å². The molecule has 0 fully saturated rings. The second-order valence-corrected chi connectivity index (χ2v) is 7.57. The van der Waals surface area contributed by atoms with E-state index in [0.717, 1.165) is 21.1 Å². The van der Waals surface area contributed by atoms with E-state index in [-0.39, 0.29) is 30.2 Å². The summed E-state index contributed by atoms with van der Waals surface area (Å²) >= 11 is 0. The van der Waals surface area contributed by atoms with Gasteiger partial charge in [-0.25, -0.2) is 14.0 Å². The summed E-state index contributed by atoms with van der Waals surface area (Å²) in [5, 5.41) is 0. The molecule has 0 aliphatic heterocycles. The van der Waals surface area contributed by atoms with E-state index in [2.05, 4.69) is 4.98 Å². The first-order valence-electron chi connectivity index (χ1n) is 10.9. The number of amides is 1. The summed E-state index contributed by atoms with van der Waals surface area (Å²) in [6, 6.07) is 14.9. The fourth-order valence-electron chi connectivity index (χ4n) is 3.37. The highest BCUT2D eigenvalue weighted by Gasteiger charge is 2.24. The molecule has 182 valence electrons. The minimum Gasteiger partial charge on any atom is -0.452 e. The first-order chi connectivity index (χ1) is 16.8. The van der Waals surface area contributed by atoms with Crippen LogP contribution >= 0.6 is 0 Å². The molecule has 35 heavy (non-hydrogen) atoms. The van der Waals surface area contributed by atoms with Crippen molar-refractivity contribution < 1.29 is 18.7 Å². The third-order valence-corrected chi connectivity index (χ3v) is 5.06. The molecule has 3 N–H and O–H groups in total. The molecule has 2 aromatic carbocycles. The third kappa shape index (κ3) is 6.32. The highest BCUT2D eigenvalue weighted by molar-refractivity contribution is 5.98. The number of nitrogens with two attached hydrogens (primary N) is 1. The summed E-state index contributed by atoms with van der Waals surface area (Å²) < 4.78 is 19.8. The summed E-state index contributed by atoms with van der Waals surface area (Å²) in [5.74, 6) is -2.27. The number of hydrogen-bond donors (Lipinski definition) is 2. The lowest BCUT2D eigenvalue weighted by Crippen LogP contribution is -2.43. The average molecular weight is 480 g/mol. The van der Waals surface area contributed by atoms with E-state index >= 15 is 0 Å². The fourth-order valence-corrected chi connectivity index (χ4v) is 3.37. The number of H-pyrrole nitrogens is 1. The third-order valence-electron chi connectivity index (χ3n) is 5.06. The summed E-state index contributed by atoms with van der Waals surface area (Å²) in [5.41, 5.74) is 5.38.